The standard InChI is InChI=1S/C36H37P3/c37-35(30-16-6-1-7-17-30,31-18-8-2-9-19-31)26-28-39(34-24-14-5-15-25-34)29-27-36(38,32-20-10-3-11-21-32)33-22-12-4-13-23-33/h1-25H,26-29,37-38H2. The van der Waals surface area contributed by atoms with Crippen LogP contribution in [0.1, 0.15) is 35.1 Å². The van der Waals surface area contributed by atoms with E-state index in [1.54, 1.807) is 0 Å². The van der Waals surface area contributed by atoms with Crippen LogP contribution < -0.4 is 5.30 Å². The Morgan fingerprint density at radius 3 is 0.923 bits per heavy atom. The zero-order chi connectivity index (χ0) is 27.0. The Hall–Kier alpha value is -2.61. The van der Waals surface area contributed by atoms with Gasteiger partial charge in [-0.3, -0.25) is 0 Å². The van der Waals surface area contributed by atoms with E-state index in [4.69, 9.17) is 0 Å². The first-order valence-corrected chi connectivity index (χ1v) is 16.6. The van der Waals surface area contributed by atoms with E-state index in [1.807, 2.05) is 0 Å². The predicted octanol–water partition coefficient (Wildman–Crippen LogP) is 9.21. The highest BCUT2D eigenvalue weighted by Gasteiger charge is 2.33. The van der Waals surface area contributed by atoms with Gasteiger partial charge in [-0.2, -0.15) is 0 Å². The van der Waals surface area contributed by atoms with Crippen LogP contribution in [0.3, 0.4) is 0 Å². The van der Waals surface area contributed by atoms with Gasteiger partial charge >= 0.3 is 0 Å². The lowest BCUT2D eigenvalue weighted by Gasteiger charge is -2.35. The van der Waals surface area contributed by atoms with Crippen molar-refractivity contribution in [2.75, 3.05) is 12.3 Å². The Labute approximate surface area is 240 Å². The van der Waals surface area contributed by atoms with Gasteiger partial charge in [0.1, 0.15) is 0 Å². The molecule has 0 N–H and O–H groups in total. The van der Waals surface area contributed by atoms with Gasteiger partial charge in [0, 0.05) is 10.3 Å². The van der Waals surface area contributed by atoms with Gasteiger partial charge < -0.3 is 0 Å². The molecular formula is C36H37P3. The average molecular weight is 563 g/mol. The van der Waals surface area contributed by atoms with Gasteiger partial charge in [-0.15, -0.1) is 18.5 Å². The van der Waals surface area contributed by atoms with Crippen LogP contribution in [0.4, 0.5) is 0 Å². The summed E-state index contributed by atoms with van der Waals surface area (Å²) in [6.07, 6.45) is 4.48. The summed E-state index contributed by atoms with van der Waals surface area (Å²) in [6, 6.07) is 55.3. The van der Waals surface area contributed by atoms with E-state index in [0.717, 1.165) is 25.2 Å². The van der Waals surface area contributed by atoms with Crippen molar-refractivity contribution in [1.29, 1.82) is 0 Å². The highest BCUT2D eigenvalue weighted by atomic mass is 31.1. The van der Waals surface area contributed by atoms with Crippen LogP contribution in [-0.2, 0) is 10.3 Å². The molecule has 0 aromatic heterocycles. The second kappa shape index (κ2) is 13.2. The fourth-order valence-electron chi connectivity index (χ4n) is 5.48. The molecule has 0 heterocycles. The second-order valence-electron chi connectivity index (χ2n) is 10.2. The van der Waals surface area contributed by atoms with E-state index in [0.29, 0.717) is 0 Å². The summed E-state index contributed by atoms with van der Waals surface area (Å²) in [4.78, 5) is 0. The molecular weight excluding hydrogens is 525 g/mol. The molecule has 0 nitrogen and oxygen atoms in total. The van der Waals surface area contributed by atoms with E-state index < -0.39 is 0 Å². The predicted molar refractivity (Wildman–Crippen MR) is 179 cm³/mol. The van der Waals surface area contributed by atoms with Crippen LogP contribution in [0.5, 0.6) is 0 Å². The molecule has 2 atom stereocenters. The zero-order valence-electron chi connectivity index (χ0n) is 22.4. The topological polar surface area (TPSA) is 0 Å². The lowest BCUT2D eigenvalue weighted by molar-refractivity contribution is 0.702. The Kier molecular flexibility index (Phi) is 9.43. The molecule has 0 aliphatic heterocycles. The van der Waals surface area contributed by atoms with Gasteiger partial charge in [-0.1, -0.05) is 160 Å². The Morgan fingerprint density at radius 1 is 0.385 bits per heavy atom. The van der Waals surface area contributed by atoms with Crippen molar-refractivity contribution < 1.29 is 0 Å². The molecule has 5 rings (SSSR count). The second-order valence-corrected chi connectivity index (χ2v) is 14.7. The maximum Gasteiger partial charge on any atom is 0.0347 e. The molecule has 196 valence electrons. The Bertz CT molecular complexity index is 1230. The molecule has 0 spiro atoms. The van der Waals surface area contributed by atoms with Crippen LogP contribution in [-0.4, -0.2) is 12.3 Å². The van der Waals surface area contributed by atoms with E-state index in [1.165, 1.54) is 27.6 Å². The van der Waals surface area contributed by atoms with Crippen LogP contribution >= 0.6 is 26.4 Å². The van der Waals surface area contributed by atoms with E-state index in [9.17, 15) is 0 Å². The molecule has 0 fully saturated rings. The molecule has 0 radical (unpaired) electrons. The summed E-state index contributed by atoms with van der Waals surface area (Å²) in [5.41, 5.74) is 5.44. The van der Waals surface area contributed by atoms with Crippen molar-refractivity contribution in [2.24, 2.45) is 0 Å². The summed E-state index contributed by atoms with van der Waals surface area (Å²) in [7, 11) is 6.13. The summed E-state index contributed by atoms with van der Waals surface area (Å²) < 4.78 is 0. The van der Waals surface area contributed by atoms with Crippen molar-refractivity contribution in [3.63, 3.8) is 0 Å². The van der Waals surface area contributed by atoms with Gasteiger partial charge in [0.05, 0.1) is 0 Å². The number of rotatable bonds is 11. The number of hydrogen-bond acceptors (Lipinski definition) is 0. The number of hydrogen-bond donors (Lipinski definition) is 0. The van der Waals surface area contributed by atoms with Crippen LogP contribution in [0.15, 0.2) is 152 Å². The summed E-state index contributed by atoms with van der Waals surface area (Å²) in [5.74, 6) is 0. The maximum absolute atomic E-state index is 3.25. The third-order valence-electron chi connectivity index (χ3n) is 7.83. The smallest absolute Gasteiger partial charge is 0.0347 e. The third kappa shape index (κ3) is 6.59. The molecule has 5 aromatic carbocycles. The maximum atomic E-state index is 3.25. The normalized spacial score (nSPS) is 12.0. The quantitative estimate of drug-likeness (QED) is 0.141. The van der Waals surface area contributed by atoms with E-state index >= 15 is 0 Å². The molecule has 0 amide bonds. The SMILES string of the molecule is PC(CCP(CCC(P)(c1ccccc1)c1ccccc1)c1ccccc1)(c1ccccc1)c1ccccc1. The van der Waals surface area contributed by atoms with Gasteiger partial charge in [-0.25, -0.2) is 0 Å². The van der Waals surface area contributed by atoms with Crippen molar-refractivity contribution >= 4 is 31.7 Å². The Morgan fingerprint density at radius 2 is 0.641 bits per heavy atom. The summed E-state index contributed by atoms with van der Waals surface area (Å²) in [5, 5.41) is 1.26. The molecule has 0 bridgehead atoms. The van der Waals surface area contributed by atoms with E-state index in [-0.39, 0.29) is 18.2 Å². The van der Waals surface area contributed by atoms with Gasteiger partial charge in [0.15, 0.2) is 0 Å². The fourth-order valence-corrected chi connectivity index (χ4v) is 9.61. The third-order valence-corrected chi connectivity index (χ3v) is 12.3. The first-order valence-electron chi connectivity index (χ1n) is 13.7. The average Bonchev–Trinajstić information content (AvgIpc) is 3.03. The molecule has 0 aliphatic rings. The van der Waals surface area contributed by atoms with Crippen molar-refractivity contribution in [1.82, 2.24) is 0 Å². The molecule has 5 aromatic rings. The minimum absolute atomic E-state index is 0.116. The zero-order valence-corrected chi connectivity index (χ0v) is 25.6. The molecule has 3 heteroatoms. The number of benzene rings is 5. The first-order chi connectivity index (χ1) is 19.1. The van der Waals surface area contributed by atoms with Gasteiger partial charge in [-0.05, 0) is 52.7 Å². The largest absolute Gasteiger partial charge is 0.122 e. The minimum Gasteiger partial charge on any atom is -0.122 e. The molecule has 0 saturated heterocycles. The minimum atomic E-state index is -0.373. The van der Waals surface area contributed by atoms with Gasteiger partial charge in [0.2, 0.25) is 0 Å². The first kappa shape index (κ1) is 27.9. The van der Waals surface area contributed by atoms with Crippen molar-refractivity contribution in [3.8, 4) is 0 Å². The monoisotopic (exact) mass is 562 g/mol. The Balaban J connectivity index is 1.46. The fraction of sp³-hybridized carbons (Fsp3) is 0.167. The van der Waals surface area contributed by atoms with Crippen molar-refractivity contribution in [2.45, 2.75) is 23.2 Å². The lowest BCUT2D eigenvalue weighted by atomic mass is 9.88. The molecule has 0 saturated carbocycles. The lowest BCUT2D eigenvalue weighted by Crippen LogP contribution is -2.24. The molecule has 2 unspecified atom stereocenters. The van der Waals surface area contributed by atoms with Crippen LogP contribution in [0.2, 0.25) is 0 Å². The molecule has 0 aliphatic carbocycles. The summed E-state index contributed by atoms with van der Waals surface area (Å²) in [6.45, 7) is 0. The van der Waals surface area contributed by atoms with E-state index in [2.05, 4.69) is 170 Å². The van der Waals surface area contributed by atoms with Crippen LogP contribution in [0, 0.1) is 0 Å². The summed E-state index contributed by atoms with van der Waals surface area (Å²) >= 11 is 0. The highest BCUT2D eigenvalue weighted by Crippen LogP contribution is 2.50. The van der Waals surface area contributed by atoms with Crippen LogP contribution in [0.25, 0.3) is 0 Å². The van der Waals surface area contributed by atoms with Crippen molar-refractivity contribution in [3.05, 3.63) is 174 Å². The molecule has 39 heavy (non-hydrogen) atoms. The van der Waals surface area contributed by atoms with Gasteiger partial charge in [0.25, 0.3) is 0 Å². The highest BCUT2D eigenvalue weighted by molar-refractivity contribution is 7.65.